The van der Waals surface area contributed by atoms with Gasteiger partial charge in [-0.3, -0.25) is 0 Å². The first-order chi connectivity index (χ1) is 9.24. The van der Waals surface area contributed by atoms with Gasteiger partial charge < -0.3 is 15.4 Å². The van der Waals surface area contributed by atoms with E-state index in [9.17, 15) is 0 Å². The maximum Gasteiger partial charge on any atom is 0.0750 e. The molecule has 1 saturated heterocycles. The van der Waals surface area contributed by atoms with E-state index in [1.165, 1.54) is 0 Å². The molecule has 0 spiro atoms. The van der Waals surface area contributed by atoms with Crippen molar-refractivity contribution in [3.05, 3.63) is 23.8 Å². The molecule has 102 valence electrons. The van der Waals surface area contributed by atoms with Crippen LogP contribution in [-0.2, 0) is 11.2 Å². The van der Waals surface area contributed by atoms with Crippen molar-refractivity contribution in [1.29, 1.82) is 5.26 Å². The molecule has 1 aliphatic rings. The number of benzene rings is 1. The summed E-state index contributed by atoms with van der Waals surface area (Å²) in [5.74, 6) is 0. The number of anilines is 2. The fraction of sp³-hybridized carbons (Fsp3) is 0.533. The Balaban J connectivity index is 2.12. The van der Waals surface area contributed by atoms with Gasteiger partial charge in [0.2, 0.25) is 0 Å². The summed E-state index contributed by atoms with van der Waals surface area (Å²) in [7, 11) is 0. The fourth-order valence-corrected chi connectivity index (χ4v) is 2.57. The summed E-state index contributed by atoms with van der Waals surface area (Å²) in [6, 6.07) is 8.12. The Hall–Kier alpha value is -1.73. The van der Waals surface area contributed by atoms with Crippen molar-refractivity contribution in [1.82, 2.24) is 0 Å². The van der Waals surface area contributed by atoms with Crippen LogP contribution in [0.2, 0.25) is 0 Å². The number of nitrogens with two attached hydrogens (primary N) is 1. The third-order valence-electron chi connectivity index (χ3n) is 3.54. The normalized spacial score (nSPS) is 19.2. The molecule has 0 saturated carbocycles. The van der Waals surface area contributed by atoms with E-state index in [4.69, 9.17) is 15.7 Å². The van der Waals surface area contributed by atoms with E-state index in [1.807, 2.05) is 25.1 Å². The molecule has 1 unspecified atom stereocenters. The van der Waals surface area contributed by atoms with Crippen LogP contribution in [-0.4, -0.2) is 25.8 Å². The number of hydrogen-bond donors (Lipinski definition) is 1. The number of nitrogen functional groups attached to an aromatic ring is 1. The van der Waals surface area contributed by atoms with Gasteiger partial charge in [-0.25, -0.2) is 0 Å². The lowest BCUT2D eigenvalue weighted by Gasteiger charge is -2.34. The summed E-state index contributed by atoms with van der Waals surface area (Å²) in [4.78, 5) is 2.32. The highest BCUT2D eigenvalue weighted by molar-refractivity contribution is 5.59. The first kappa shape index (κ1) is 13.7. The van der Waals surface area contributed by atoms with Crippen molar-refractivity contribution in [2.45, 2.75) is 32.3 Å². The molecule has 0 aromatic heterocycles. The highest BCUT2D eigenvalue weighted by atomic mass is 16.5. The average Bonchev–Trinajstić information content (AvgIpc) is 2.42. The van der Waals surface area contributed by atoms with E-state index < -0.39 is 0 Å². The van der Waals surface area contributed by atoms with Gasteiger partial charge in [-0.1, -0.05) is 0 Å². The van der Waals surface area contributed by atoms with Gasteiger partial charge in [0, 0.05) is 31.1 Å². The molecule has 1 aliphatic heterocycles. The van der Waals surface area contributed by atoms with Crippen LogP contribution in [0.5, 0.6) is 0 Å². The Kier molecular flexibility index (Phi) is 4.64. The van der Waals surface area contributed by atoms with Crippen molar-refractivity contribution >= 4 is 11.4 Å². The number of rotatable bonds is 4. The average molecular weight is 259 g/mol. The van der Waals surface area contributed by atoms with E-state index in [0.29, 0.717) is 18.2 Å². The smallest absolute Gasteiger partial charge is 0.0750 e. The van der Waals surface area contributed by atoms with Gasteiger partial charge in [0.1, 0.15) is 0 Å². The molecule has 1 heterocycles. The third-order valence-corrected chi connectivity index (χ3v) is 3.54. The van der Waals surface area contributed by atoms with Crippen molar-refractivity contribution < 1.29 is 4.74 Å². The van der Waals surface area contributed by atoms with Crippen molar-refractivity contribution in [3.63, 3.8) is 0 Å². The quantitative estimate of drug-likeness (QED) is 0.843. The molecule has 19 heavy (non-hydrogen) atoms. The Morgan fingerprint density at radius 2 is 2.37 bits per heavy atom. The van der Waals surface area contributed by atoms with Gasteiger partial charge in [0.15, 0.2) is 0 Å². The summed E-state index contributed by atoms with van der Waals surface area (Å²) >= 11 is 0. The molecule has 1 aromatic carbocycles. The minimum atomic E-state index is 0.315. The number of hydrogen-bond acceptors (Lipinski definition) is 4. The molecule has 1 atom stereocenters. The SMILES string of the molecule is CCOC1CCCN(c2ccc(N)c(CC#N)c2)C1. The zero-order valence-corrected chi connectivity index (χ0v) is 11.4. The molecular weight excluding hydrogens is 238 g/mol. The zero-order chi connectivity index (χ0) is 13.7. The number of nitriles is 1. The minimum absolute atomic E-state index is 0.315. The Morgan fingerprint density at radius 3 is 3.11 bits per heavy atom. The lowest BCUT2D eigenvalue weighted by atomic mass is 10.0. The van der Waals surface area contributed by atoms with E-state index in [-0.39, 0.29) is 0 Å². The van der Waals surface area contributed by atoms with E-state index in [2.05, 4.69) is 11.0 Å². The first-order valence-electron chi connectivity index (χ1n) is 6.86. The lowest BCUT2D eigenvalue weighted by molar-refractivity contribution is 0.0527. The Bertz CT molecular complexity index is 465. The predicted molar refractivity (Wildman–Crippen MR) is 77.0 cm³/mol. The summed E-state index contributed by atoms with van der Waals surface area (Å²) in [6.45, 7) is 4.76. The van der Waals surface area contributed by atoms with Gasteiger partial charge in [0.25, 0.3) is 0 Å². The van der Waals surface area contributed by atoms with Crippen molar-refractivity contribution in [2.75, 3.05) is 30.3 Å². The van der Waals surface area contributed by atoms with Crippen LogP contribution in [0.15, 0.2) is 18.2 Å². The second kappa shape index (κ2) is 6.44. The number of ether oxygens (including phenoxy) is 1. The van der Waals surface area contributed by atoms with Gasteiger partial charge in [0.05, 0.1) is 18.6 Å². The molecule has 0 bridgehead atoms. The van der Waals surface area contributed by atoms with Crippen LogP contribution in [0.3, 0.4) is 0 Å². The second-order valence-corrected chi connectivity index (χ2v) is 4.88. The topological polar surface area (TPSA) is 62.3 Å². The molecule has 0 amide bonds. The molecule has 4 heteroatoms. The zero-order valence-electron chi connectivity index (χ0n) is 11.4. The molecule has 0 radical (unpaired) electrons. The van der Waals surface area contributed by atoms with Crippen molar-refractivity contribution in [2.24, 2.45) is 0 Å². The summed E-state index contributed by atoms with van der Waals surface area (Å²) in [6.07, 6.45) is 2.95. The highest BCUT2D eigenvalue weighted by Gasteiger charge is 2.20. The second-order valence-electron chi connectivity index (χ2n) is 4.88. The van der Waals surface area contributed by atoms with Crippen molar-refractivity contribution in [3.8, 4) is 6.07 Å². The standard InChI is InChI=1S/C15H21N3O/c1-2-19-14-4-3-9-18(11-14)13-5-6-15(17)12(10-13)7-8-16/h5-6,10,14H,2-4,7,9,11,17H2,1H3. The first-order valence-corrected chi connectivity index (χ1v) is 6.86. The Labute approximate surface area is 114 Å². The molecular formula is C15H21N3O. The lowest BCUT2D eigenvalue weighted by Crippen LogP contribution is -2.39. The highest BCUT2D eigenvalue weighted by Crippen LogP contribution is 2.25. The summed E-state index contributed by atoms with van der Waals surface area (Å²) in [5, 5.41) is 8.82. The van der Waals surface area contributed by atoms with Gasteiger partial charge in [-0.05, 0) is 43.5 Å². The van der Waals surface area contributed by atoms with E-state index in [1.54, 1.807) is 0 Å². The van der Waals surface area contributed by atoms with Gasteiger partial charge in [-0.2, -0.15) is 5.26 Å². The predicted octanol–water partition coefficient (Wildman–Crippen LogP) is 2.34. The fourth-order valence-electron chi connectivity index (χ4n) is 2.57. The van der Waals surface area contributed by atoms with Crippen LogP contribution in [0.1, 0.15) is 25.3 Å². The largest absolute Gasteiger partial charge is 0.398 e. The minimum Gasteiger partial charge on any atom is -0.398 e. The van der Waals surface area contributed by atoms with Gasteiger partial charge in [-0.15, -0.1) is 0 Å². The number of piperidine rings is 1. The molecule has 1 fully saturated rings. The number of nitrogens with zero attached hydrogens (tertiary/aromatic N) is 2. The monoisotopic (exact) mass is 259 g/mol. The molecule has 2 rings (SSSR count). The third kappa shape index (κ3) is 3.39. The molecule has 4 nitrogen and oxygen atoms in total. The Morgan fingerprint density at radius 1 is 1.53 bits per heavy atom. The summed E-state index contributed by atoms with van der Waals surface area (Å²) in [5.41, 5.74) is 8.64. The maximum atomic E-state index is 8.82. The molecule has 1 aromatic rings. The van der Waals surface area contributed by atoms with Crippen LogP contribution in [0.4, 0.5) is 11.4 Å². The van der Waals surface area contributed by atoms with E-state index in [0.717, 1.165) is 43.8 Å². The van der Waals surface area contributed by atoms with Crippen LogP contribution in [0, 0.1) is 11.3 Å². The van der Waals surface area contributed by atoms with Crippen LogP contribution in [0.25, 0.3) is 0 Å². The maximum absolute atomic E-state index is 8.82. The van der Waals surface area contributed by atoms with Gasteiger partial charge >= 0.3 is 0 Å². The van der Waals surface area contributed by atoms with Crippen LogP contribution >= 0.6 is 0 Å². The molecule has 2 N–H and O–H groups in total. The van der Waals surface area contributed by atoms with Crippen LogP contribution < -0.4 is 10.6 Å². The summed E-state index contributed by atoms with van der Waals surface area (Å²) < 4.78 is 5.72. The van der Waals surface area contributed by atoms with E-state index >= 15 is 0 Å². The molecule has 0 aliphatic carbocycles.